The largest absolute Gasteiger partial charge is 0.481 e. The lowest BCUT2D eigenvalue weighted by Crippen LogP contribution is -2.47. The van der Waals surface area contributed by atoms with Crippen LogP contribution in [0.15, 0.2) is 0 Å². The molecular formula is C13H24N2O3. The van der Waals surface area contributed by atoms with Crippen LogP contribution in [0.2, 0.25) is 0 Å². The summed E-state index contributed by atoms with van der Waals surface area (Å²) in [5.41, 5.74) is 0. The molecule has 0 aromatic heterocycles. The third-order valence-corrected chi connectivity index (χ3v) is 3.90. The molecule has 1 unspecified atom stereocenters. The van der Waals surface area contributed by atoms with Crippen LogP contribution in [0, 0.1) is 0 Å². The maximum absolute atomic E-state index is 10.5. The molecule has 2 rings (SSSR count). The average Bonchev–Trinajstić information content (AvgIpc) is 2.88. The summed E-state index contributed by atoms with van der Waals surface area (Å²) in [5.74, 6) is -0.698. The van der Waals surface area contributed by atoms with Crippen molar-refractivity contribution in [2.45, 2.75) is 31.8 Å². The van der Waals surface area contributed by atoms with Crippen molar-refractivity contribution in [1.82, 2.24) is 9.80 Å². The fourth-order valence-corrected chi connectivity index (χ4v) is 2.69. The zero-order valence-electron chi connectivity index (χ0n) is 11.0. The van der Waals surface area contributed by atoms with E-state index in [4.69, 9.17) is 9.84 Å². The van der Waals surface area contributed by atoms with E-state index in [1.165, 1.54) is 12.8 Å². The number of carbonyl (C=O) groups is 1. The van der Waals surface area contributed by atoms with Crippen molar-refractivity contribution < 1.29 is 14.6 Å². The topological polar surface area (TPSA) is 53.0 Å². The average molecular weight is 256 g/mol. The summed E-state index contributed by atoms with van der Waals surface area (Å²) in [6.07, 6.45) is 4.33. The molecule has 0 spiro atoms. The first-order valence-electron chi connectivity index (χ1n) is 7.02. The molecule has 2 heterocycles. The van der Waals surface area contributed by atoms with E-state index in [1.807, 2.05) is 0 Å². The first-order valence-corrected chi connectivity index (χ1v) is 7.02. The number of ether oxygens (including phenoxy) is 1. The van der Waals surface area contributed by atoms with Gasteiger partial charge in [-0.3, -0.25) is 4.79 Å². The summed E-state index contributed by atoms with van der Waals surface area (Å²) in [6.45, 7) is 6.87. The maximum atomic E-state index is 10.5. The Morgan fingerprint density at radius 3 is 2.39 bits per heavy atom. The van der Waals surface area contributed by atoms with Gasteiger partial charge in [0, 0.05) is 45.9 Å². The molecule has 0 amide bonds. The molecule has 5 nitrogen and oxygen atoms in total. The molecule has 0 bridgehead atoms. The second-order valence-corrected chi connectivity index (χ2v) is 5.25. The van der Waals surface area contributed by atoms with Crippen LogP contribution in [-0.2, 0) is 9.53 Å². The number of carboxylic acids is 1. The molecule has 1 N–H and O–H groups in total. The third-order valence-electron chi connectivity index (χ3n) is 3.90. The van der Waals surface area contributed by atoms with Crippen LogP contribution in [0.5, 0.6) is 0 Å². The zero-order chi connectivity index (χ0) is 12.8. The van der Waals surface area contributed by atoms with Crippen molar-refractivity contribution >= 4 is 5.97 Å². The van der Waals surface area contributed by atoms with Gasteiger partial charge in [-0.25, -0.2) is 0 Å². The molecule has 18 heavy (non-hydrogen) atoms. The molecule has 2 aliphatic heterocycles. The van der Waals surface area contributed by atoms with E-state index in [-0.39, 0.29) is 6.42 Å². The third kappa shape index (κ3) is 4.55. The minimum Gasteiger partial charge on any atom is -0.481 e. The van der Waals surface area contributed by atoms with Crippen LogP contribution in [0.25, 0.3) is 0 Å². The molecule has 0 aromatic rings. The lowest BCUT2D eigenvalue weighted by Gasteiger charge is -2.34. The fraction of sp³-hybridized carbons (Fsp3) is 0.923. The highest BCUT2D eigenvalue weighted by atomic mass is 16.5. The lowest BCUT2D eigenvalue weighted by atomic mass is 10.1. The van der Waals surface area contributed by atoms with Crippen molar-refractivity contribution in [3.05, 3.63) is 0 Å². The van der Waals surface area contributed by atoms with Gasteiger partial charge in [-0.2, -0.15) is 0 Å². The predicted molar refractivity (Wildman–Crippen MR) is 68.7 cm³/mol. The van der Waals surface area contributed by atoms with Gasteiger partial charge in [0.15, 0.2) is 0 Å². The summed E-state index contributed by atoms with van der Waals surface area (Å²) < 4.78 is 5.63. The van der Waals surface area contributed by atoms with Gasteiger partial charge in [0.05, 0.1) is 12.5 Å². The molecular weight excluding hydrogens is 232 g/mol. The van der Waals surface area contributed by atoms with Gasteiger partial charge in [-0.05, 0) is 19.3 Å². The Bertz CT molecular complexity index is 259. The Kier molecular flexibility index (Phi) is 5.41. The molecule has 2 saturated heterocycles. The Morgan fingerprint density at radius 1 is 1.17 bits per heavy atom. The number of aliphatic carboxylic acids is 1. The van der Waals surface area contributed by atoms with Gasteiger partial charge in [-0.15, -0.1) is 0 Å². The van der Waals surface area contributed by atoms with Crippen molar-refractivity contribution in [3.63, 3.8) is 0 Å². The number of hydrogen-bond donors (Lipinski definition) is 1. The minimum atomic E-state index is -0.698. The quantitative estimate of drug-likeness (QED) is 0.756. The molecule has 2 fully saturated rings. The van der Waals surface area contributed by atoms with E-state index in [0.29, 0.717) is 12.6 Å². The number of carboxylic acid groups (broad SMARTS) is 1. The van der Waals surface area contributed by atoms with Gasteiger partial charge in [0.2, 0.25) is 0 Å². The van der Waals surface area contributed by atoms with Crippen LogP contribution in [0.3, 0.4) is 0 Å². The van der Waals surface area contributed by atoms with Gasteiger partial charge in [0.1, 0.15) is 0 Å². The zero-order valence-corrected chi connectivity index (χ0v) is 11.0. The highest BCUT2D eigenvalue weighted by molar-refractivity contribution is 5.66. The first kappa shape index (κ1) is 13.8. The second kappa shape index (κ2) is 7.07. The Labute approximate surface area is 109 Å². The lowest BCUT2D eigenvalue weighted by molar-refractivity contribution is -0.137. The van der Waals surface area contributed by atoms with Crippen LogP contribution in [-0.4, -0.2) is 72.9 Å². The number of rotatable bonds is 6. The standard InChI is InChI=1S/C13H24N2O3/c16-13(17)4-6-15-9-7-14(8-10-15)5-3-12-2-1-11-18-12/h12H,1-11H2,(H,16,17). The summed E-state index contributed by atoms with van der Waals surface area (Å²) in [5, 5.41) is 8.65. The normalized spacial score (nSPS) is 26.6. The van der Waals surface area contributed by atoms with Gasteiger partial charge < -0.3 is 19.6 Å². The Morgan fingerprint density at radius 2 is 1.83 bits per heavy atom. The number of piperazine rings is 1. The summed E-state index contributed by atoms with van der Waals surface area (Å²) >= 11 is 0. The Balaban J connectivity index is 1.56. The smallest absolute Gasteiger partial charge is 0.304 e. The molecule has 0 saturated carbocycles. The Hall–Kier alpha value is -0.650. The molecule has 2 aliphatic rings. The summed E-state index contributed by atoms with van der Waals surface area (Å²) in [4.78, 5) is 15.2. The van der Waals surface area contributed by atoms with E-state index in [2.05, 4.69) is 9.80 Å². The van der Waals surface area contributed by atoms with Crippen molar-refractivity contribution in [3.8, 4) is 0 Å². The summed E-state index contributed by atoms with van der Waals surface area (Å²) in [7, 11) is 0. The fourth-order valence-electron chi connectivity index (χ4n) is 2.69. The number of hydrogen-bond acceptors (Lipinski definition) is 4. The van der Waals surface area contributed by atoms with E-state index < -0.39 is 5.97 Å². The maximum Gasteiger partial charge on any atom is 0.304 e. The summed E-state index contributed by atoms with van der Waals surface area (Å²) in [6, 6.07) is 0. The van der Waals surface area contributed by atoms with E-state index in [9.17, 15) is 4.79 Å². The van der Waals surface area contributed by atoms with Crippen LogP contribution < -0.4 is 0 Å². The van der Waals surface area contributed by atoms with Crippen molar-refractivity contribution in [1.29, 1.82) is 0 Å². The number of nitrogens with zero attached hydrogens (tertiary/aromatic N) is 2. The van der Waals surface area contributed by atoms with Crippen molar-refractivity contribution in [2.24, 2.45) is 0 Å². The molecule has 0 aliphatic carbocycles. The minimum absolute atomic E-state index is 0.260. The highest BCUT2D eigenvalue weighted by Crippen LogP contribution is 2.16. The molecule has 1 atom stereocenters. The van der Waals surface area contributed by atoms with Crippen molar-refractivity contribution in [2.75, 3.05) is 45.9 Å². The highest BCUT2D eigenvalue weighted by Gasteiger charge is 2.20. The van der Waals surface area contributed by atoms with E-state index in [1.54, 1.807) is 0 Å². The SMILES string of the molecule is O=C(O)CCN1CCN(CCC2CCCO2)CC1. The molecule has 5 heteroatoms. The first-order chi connectivity index (χ1) is 8.74. The molecule has 104 valence electrons. The predicted octanol–water partition coefficient (Wildman–Crippen LogP) is 0.648. The molecule has 0 radical (unpaired) electrons. The van der Waals surface area contributed by atoms with E-state index >= 15 is 0 Å². The monoisotopic (exact) mass is 256 g/mol. The van der Waals surface area contributed by atoms with Gasteiger partial charge >= 0.3 is 5.97 Å². The van der Waals surface area contributed by atoms with Gasteiger partial charge in [-0.1, -0.05) is 0 Å². The van der Waals surface area contributed by atoms with Crippen LogP contribution in [0.4, 0.5) is 0 Å². The van der Waals surface area contributed by atoms with Crippen LogP contribution >= 0.6 is 0 Å². The van der Waals surface area contributed by atoms with Gasteiger partial charge in [0.25, 0.3) is 0 Å². The van der Waals surface area contributed by atoms with Crippen LogP contribution in [0.1, 0.15) is 25.7 Å². The second-order valence-electron chi connectivity index (χ2n) is 5.25. The molecule has 0 aromatic carbocycles. The van der Waals surface area contributed by atoms with E-state index in [0.717, 1.165) is 45.8 Å².